The number of fused-ring (bicyclic) bond motifs is 1. The van der Waals surface area contributed by atoms with Gasteiger partial charge >= 0.3 is 6.18 Å². The van der Waals surface area contributed by atoms with Crippen molar-refractivity contribution in [2.75, 3.05) is 24.9 Å². The summed E-state index contributed by atoms with van der Waals surface area (Å²) in [7, 11) is 2.89. The van der Waals surface area contributed by atoms with Crippen molar-refractivity contribution >= 4 is 29.0 Å². The molecule has 0 unspecified atom stereocenters. The van der Waals surface area contributed by atoms with Gasteiger partial charge in [-0.3, -0.25) is 4.79 Å². The molecule has 36 heavy (non-hydrogen) atoms. The highest BCUT2D eigenvalue weighted by Crippen LogP contribution is 2.47. The molecule has 2 aromatic carbocycles. The van der Waals surface area contributed by atoms with Crippen LogP contribution in [0.3, 0.4) is 0 Å². The number of carbonyl (C=O) groups is 1. The molecule has 3 atom stereocenters. The van der Waals surface area contributed by atoms with Gasteiger partial charge in [0, 0.05) is 12.1 Å². The molecule has 0 aliphatic carbocycles. The quantitative estimate of drug-likeness (QED) is 0.393. The minimum atomic E-state index is -4.65. The number of ether oxygens (including phenoxy) is 2. The fourth-order valence-electron chi connectivity index (χ4n) is 4.06. The van der Waals surface area contributed by atoms with E-state index in [-0.39, 0.29) is 23.0 Å². The van der Waals surface area contributed by atoms with E-state index in [1.54, 1.807) is 49.4 Å². The predicted molar refractivity (Wildman–Crippen MR) is 128 cm³/mol. The highest BCUT2D eigenvalue weighted by atomic mass is 35.5. The van der Waals surface area contributed by atoms with Gasteiger partial charge in [0.15, 0.2) is 23.2 Å². The number of nitrogens with zero attached hydrogens (tertiary/aromatic N) is 2. The summed E-state index contributed by atoms with van der Waals surface area (Å²) in [5, 5.41) is 18.9. The van der Waals surface area contributed by atoms with Crippen molar-refractivity contribution in [2.24, 2.45) is 0 Å². The number of nitrogens with one attached hydrogen (secondary N) is 2. The Balaban J connectivity index is 1.66. The van der Waals surface area contributed by atoms with E-state index in [1.807, 2.05) is 0 Å². The number of carbonyl (C=O) groups excluding carboxylic acids is 1. The second-order valence-corrected chi connectivity index (χ2v) is 8.69. The van der Waals surface area contributed by atoms with Crippen LogP contribution >= 0.6 is 11.6 Å². The standard InChI is InChI=1S/C24H24ClF3N4O4/c1-12(33)13-4-7-15(8-5-13)29-23(34)21-20(25)22-30-16(11-19(24(26,27)28)32(22)31-21)14-6-9-17(35-2)18(10-14)36-3/h4-10,12,16,19,30,33H,11H2,1-3H3,(H,29,34)/t12-,16-,19-/m1/s1. The molecule has 0 saturated heterocycles. The molecule has 4 rings (SSSR count). The van der Waals surface area contributed by atoms with Crippen LogP contribution in [-0.2, 0) is 0 Å². The molecular weight excluding hydrogens is 501 g/mol. The number of alkyl halides is 3. The molecule has 0 spiro atoms. The van der Waals surface area contributed by atoms with Crippen LogP contribution in [0.1, 0.15) is 53.1 Å². The number of aromatic nitrogens is 2. The molecule has 0 fully saturated rings. The molecule has 2 heterocycles. The van der Waals surface area contributed by atoms with E-state index in [0.29, 0.717) is 33.0 Å². The Hall–Kier alpha value is -3.44. The monoisotopic (exact) mass is 524 g/mol. The molecule has 0 radical (unpaired) electrons. The highest BCUT2D eigenvalue weighted by Gasteiger charge is 2.48. The van der Waals surface area contributed by atoms with E-state index in [2.05, 4.69) is 15.7 Å². The topological polar surface area (TPSA) is 97.6 Å². The normalized spacial score (nSPS) is 18.1. The highest BCUT2D eigenvalue weighted by molar-refractivity contribution is 6.36. The van der Waals surface area contributed by atoms with E-state index in [1.165, 1.54) is 14.2 Å². The largest absolute Gasteiger partial charge is 0.493 e. The Kier molecular flexibility index (Phi) is 7.05. The van der Waals surface area contributed by atoms with E-state index < -0.39 is 30.3 Å². The smallest absolute Gasteiger partial charge is 0.410 e. The van der Waals surface area contributed by atoms with Crippen LogP contribution < -0.4 is 20.1 Å². The number of hydrogen-bond donors (Lipinski definition) is 3. The van der Waals surface area contributed by atoms with E-state index in [9.17, 15) is 23.1 Å². The van der Waals surface area contributed by atoms with Crippen molar-refractivity contribution in [1.29, 1.82) is 0 Å². The van der Waals surface area contributed by atoms with E-state index in [0.717, 1.165) is 0 Å². The summed E-state index contributed by atoms with van der Waals surface area (Å²) < 4.78 is 53.4. The van der Waals surface area contributed by atoms with E-state index >= 15 is 0 Å². The first kappa shape index (κ1) is 25.6. The molecule has 3 aromatic rings. The van der Waals surface area contributed by atoms with Crippen molar-refractivity contribution in [3.05, 3.63) is 64.3 Å². The molecule has 0 saturated carbocycles. The lowest BCUT2D eigenvalue weighted by atomic mass is 9.96. The summed E-state index contributed by atoms with van der Waals surface area (Å²) in [4.78, 5) is 12.9. The number of amides is 1. The second-order valence-electron chi connectivity index (χ2n) is 8.31. The third kappa shape index (κ3) is 4.93. The van der Waals surface area contributed by atoms with Gasteiger partial charge in [-0.05, 0) is 42.3 Å². The molecule has 0 bridgehead atoms. The van der Waals surface area contributed by atoms with Gasteiger partial charge in [-0.25, -0.2) is 4.68 Å². The lowest BCUT2D eigenvalue weighted by Gasteiger charge is -2.33. The second kappa shape index (κ2) is 9.90. The lowest BCUT2D eigenvalue weighted by Crippen LogP contribution is -2.35. The Morgan fingerprint density at radius 1 is 1.19 bits per heavy atom. The summed E-state index contributed by atoms with van der Waals surface area (Å²) in [6, 6.07) is 8.39. The van der Waals surface area contributed by atoms with Gasteiger partial charge < -0.3 is 25.2 Å². The Labute approximate surface area is 210 Å². The zero-order chi connectivity index (χ0) is 26.2. The fraction of sp³-hybridized carbons (Fsp3) is 0.333. The van der Waals surface area contributed by atoms with Gasteiger partial charge in [0.05, 0.1) is 26.4 Å². The van der Waals surface area contributed by atoms with E-state index in [4.69, 9.17) is 21.1 Å². The van der Waals surface area contributed by atoms with Crippen molar-refractivity contribution < 1.29 is 32.5 Å². The summed E-state index contributed by atoms with van der Waals surface area (Å²) in [6.07, 6.45) is -5.72. The molecule has 1 aliphatic heterocycles. The first-order chi connectivity index (χ1) is 17.0. The lowest BCUT2D eigenvalue weighted by molar-refractivity contribution is -0.173. The minimum absolute atomic E-state index is 0.111. The van der Waals surface area contributed by atoms with Crippen molar-refractivity contribution in [2.45, 2.75) is 37.7 Å². The average Bonchev–Trinajstić information content (AvgIpc) is 3.19. The number of methoxy groups -OCH3 is 2. The van der Waals surface area contributed by atoms with Gasteiger partial charge in [0.1, 0.15) is 10.8 Å². The molecule has 1 amide bonds. The maximum atomic E-state index is 14.1. The Bertz CT molecular complexity index is 1260. The minimum Gasteiger partial charge on any atom is -0.493 e. The SMILES string of the molecule is COc1ccc([C@H]2C[C@H](C(F)(F)F)n3nc(C(=O)Nc4ccc([C@@H](C)O)cc4)c(Cl)c3N2)cc1OC. The maximum Gasteiger partial charge on any atom is 0.410 e. The molecule has 8 nitrogen and oxygen atoms in total. The summed E-state index contributed by atoms with van der Waals surface area (Å²) in [6.45, 7) is 1.60. The van der Waals surface area contributed by atoms with Gasteiger partial charge in [0.2, 0.25) is 0 Å². The van der Waals surface area contributed by atoms with Crippen LogP contribution in [0.25, 0.3) is 0 Å². The third-order valence-corrected chi connectivity index (χ3v) is 6.33. The molecule has 192 valence electrons. The predicted octanol–water partition coefficient (Wildman–Crippen LogP) is 5.52. The Morgan fingerprint density at radius 3 is 2.44 bits per heavy atom. The maximum absolute atomic E-state index is 14.1. The zero-order valence-electron chi connectivity index (χ0n) is 19.6. The number of halogens is 4. The molecule has 1 aliphatic rings. The first-order valence-electron chi connectivity index (χ1n) is 11.0. The van der Waals surface area contributed by atoms with Crippen LogP contribution in [0, 0.1) is 0 Å². The number of rotatable bonds is 6. The van der Waals surface area contributed by atoms with Crippen LogP contribution in [0.5, 0.6) is 11.5 Å². The number of hydrogen-bond acceptors (Lipinski definition) is 6. The van der Waals surface area contributed by atoms with Crippen LogP contribution in [0.2, 0.25) is 5.02 Å². The molecule has 12 heteroatoms. The number of aliphatic hydroxyl groups is 1. The van der Waals surface area contributed by atoms with Crippen molar-refractivity contribution in [1.82, 2.24) is 9.78 Å². The summed E-state index contributed by atoms with van der Waals surface area (Å²) in [5.74, 6) is -0.0723. The third-order valence-electron chi connectivity index (χ3n) is 5.97. The molecule has 1 aromatic heterocycles. The van der Waals surface area contributed by atoms with Crippen LogP contribution in [-0.4, -0.2) is 41.2 Å². The first-order valence-corrected chi connectivity index (χ1v) is 11.3. The van der Waals surface area contributed by atoms with Gasteiger partial charge in [-0.2, -0.15) is 18.3 Å². The molecule has 3 N–H and O–H groups in total. The molecular formula is C24H24ClF3N4O4. The van der Waals surface area contributed by atoms with Crippen molar-refractivity contribution in [3.63, 3.8) is 0 Å². The number of aliphatic hydroxyl groups excluding tert-OH is 1. The van der Waals surface area contributed by atoms with Crippen molar-refractivity contribution in [3.8, 4) is 11.5 Å². The van der Waals surface area contributed by atoms with Gasteiger partial charge in [-0.15, -0.1) is 0 Å². The van der Waals surface area contributed by atoms with Crippen LogP contribution in [0.4, 0.5) is 24.7 Å². The Morgan fingerprint density at radius 2 is 1.86 bits per heavy atom. The van der Waals surface area contributed by atoms with Crippen LogP contribution in [0.15, 0.2) is 42.5 Å². The van der Waals surface area contributed by atoms with Gasteiger partial charge in [0.25, 0.3) is 5.91 Å². The van der Waals surface area contributed by atoms with Gasteiger partial charge in [-0.1, -0.05) is 29.8 Å². The fourth-order valence-corrected chi connectivity index (χ4v) is 4.32. The number of anilines is 2. The number of benzene rings is 2. The zero-order valence-corrected chi connectivity index (χ0v) is 20.3. The summed E-state index contributed by atoms with van der Waals surface area (Å²) >= 11 is 6.39. The summed E-state index contributed by atoms with van der Waals surface area (Å²) in [5.41, 5.74) is 1.19. The average molecular weight is 525 g/mol.